The minimum Gasteiger partial charge on any atom is -0.493 e. The zero-order chi connectivity index (χ0) is 19.2. The number of ether oxygens (including phenoxy) is 3. The second-order valence-electron chi connectivity index (χ2n) is 6.34. The van der Waals surface area contributed by atoms with Crippen molar-refractivity contribution in [3.63, 3.8) is 0 Å². The highest BCUT2D eigenvalue weighted by Gasteiger charge is 2.11. The molecule has 0 fully saturated rings. The molecular formula is C23H19NO4. The second-order valence-corrected chi connectivity index (χ2v) is 6.34. The van der Waals surface area contributed by atoms with E-state index < -0.39 is 0 Å². The van der Waals surface area contributed by atoms with Gasteiger partial charge in [-0.15, -0.1) is 0 Å². The molecule has 0 radical (unpaired) electrons. The molecule has 0 amide bonds. The fourth-order valence-electron chi connectivity index (χ4n) is 2.87. The van der Waals surface area contributed by atoms with E-state index in [1.54, 1.807) is 18.5 Å². The molecule has 0 atom stereocenters. The molecule has 5 heteroatoms. The maximum Gasteiger partial charge on any atom is 0.331 e. The predicted octanol–water partition coefficient (Wildman–Crippen LogP) is 4.57. The van der Waals surface area contributed by atoms with E-state index >= 15 is 0 Å². The molecule has 140 valence electrons. The summed E-state index contributed by atoms with van der Waals surface area (Å²) in [7, 11) is 0. The van der Waals surface area contributed by atoms with Crippen molar-refractivity contribution in [3.8, 4) is 17.2 Å². The van der Waals surface area contributed by atoms with Gasteiger partial charge in [0.2, 0.25) is 0 Å². The number of rotatable bonds is 6. The molecule has 1 aromatic heterocycles. The van der Waals surface area contributed by atoms with Gasteiger partial charge in [-0.1, -0.05) is 18.2 Å². The number of pyridine rings is 1. The zero-order valence-corrected chi connectivity index (χ0v) is 15.2. The maximum atomic E-state index is 12.0. The first-order chi connectivity index (χ1) is 13.8. The summed E-state index contributed by atoms with van der Waals surface area (Å²) in [5.41, 5.74) is 3.01. The monoisotopic (exact) mass is 373 g/mol. The molecule has 0 N–H and O–H groups in total. The Kier molecular flexibility index (Phi) is 5.33. The molecular weight excluding hydrogens is 354 g/mol. The van der Waals surface area contributed by atoms with Crippen LogP contribution < -0.4 is 9.47 Å². The lowest BCUT2D eigenvalue weighted by molar-refractivity contribution is -0.138. The van der Waals surface area contributed by atoms with E-state index in [1.807, 2.05) is 54.6 Å². The van der Waals surface area contributed by atoms with Crippen molar-refractivity contribution in [2.24, 2.45) is 0 Å². The zero-order valence-electron chi connectivity index (χ0n) is 15.2. The minimum atomic E-state index is -0.382. The Morgan fingerprint density at radius 2 is 2.00 bits per heavy atom. The van der Waals surface area contributed by atoms with Gasteiger partial charge in [-0.25, -0.2) is 4.79 Å². The summed E-state index contributed by atoms with van der Waals surface area (Å²) >= 11 is 0. The van der Waals surface area contributed by atoms with E-state index in [9.17, 15) is 4.79 Å². The third-order valence-electron chi connectivity index (χ3n) is 4.30. The Balaban J connectivity index is 1.28. The van der Waals surface area contributed by atoms with Gasteiger partial charge in [-0.3, -0.25) is 4.98 Å². The van der Waals surface area contributed by atoms with Crippen molar-refractivity contribution in [1.82, 2.24) is 4.98 Å². The first kappa shape index (κ1) is 17.8. The standard InChI is InChI=1S/C23H19NO4/c25-23(10-6-17-5-9-22-19(14-17)11-13-26-22)27-16-18-3-7-20(8-4-18)28-21-2-1-12-24-15-21/h1-10,12,14-15H,11,13,16H2/b10-6+. The van der Waals surface area contributed by atoms with Crippen LogP contribution in [0.15, 0.2) is 73.1 Å². The number of carbonyl (C=O) groups excluding carboxylic acids is 1. The third kappa shape index (κ3) is 4.57. The fraction of sp³-hybridized carbons (Fsp3) is 0.130. The van der Waals surface area contributed by atoms with Crippen LogP contribution in [0.4, 0.5) is 0 Å². The topological polar surface area (TPSA) is 57.7 Å². The summed E-state index contributed by atoms with van der Waals surface area (Å²) in [4.78, 5) is 16.0. The molecule has 0 saturated carbocycles. The highest BCUT2D eigenvalue weighted by molar-refractivity contribution is 5.87. The van der Waals surface area contributed by atoms with E-state index in [0.29, 0.717) is 11.5 Å². The summed E-state index contributed by atoms with van der Waals surface area (Å²) in [6, 6.07) is 16.9. The van der Waals surface area contributed by atoms with E-state index in [4.69, 9.17) is 14.2 Å². The summed E-state index contributed by atoms with van der Waals surface area (Å²) in [5.74, 6) is 1.91. The number of aromatic nitrogens is 1. The Morgan fingerprint density at radius 1 is 1.11 bits per heavy atom. The number of esters is 1. The normalized spacial score (nSPS) is 12.4. The van der Waals surface area contributed by atoms with Gasteiger partial charge < -0.3 is 14.2 Å². The van der Waals surface area contributed by atoms with Crippen LogP contribution in [-0.4, -0.2) is 17.6 Å². The van der Waals surface area contributed by atoms with Crippen molar-refractivity contribution in [2.75, 3.05) is 6.61 Å². The molecule has 4 rings (SSSR count). The van der Waals surface area contributed by atoms with Crippen LogP contribution >= 0.6 is 0 Å². The third-order valence-corrected chi connectivity index (χ3v) is 4.30. The average molecular weight is 373 g/mol. The Labute approximate surface area is 163 Å². The Hall–Kier alpha value is -3.60. The SMILES string of the molecule is O=C(/C=C/c1ccc2c(c1)CCO2)OCc1ccc(Oc2cccnc2)cc1. The minimum absolute atomic E-state index is 0.203. The van der Waals surface area contributed by atoms with Crippen LogP contribution in [0.2, 0.25) is 0 Å². The van der Waals surface area contributed by atoms with Crippen LogP contribution in [-0.2, 0) is 22.6 Å². The van der Waals surface area contributed by atoms with Crippen molar-refractivity contribution in [1.29, 1.82) is 0 Å². The van der Waals surface area contributed by atoms with Gasteiger partial charge in [-0.05, 0) is 59.2 Å². The van der Waals surface area contributed by atoms with Gasteiger partial charge in [-0.2, -0.15) is 0 Å². The molecule has 1 aliphatic heterocycles. The lowest BCUT2D eigenvalue weighted by atomic mass is 10.1. The van der Waals surface area contributed by atoms with E-state index in [0.717, 1.165) is 29.9 Å². The van der Waals surface area contributed by atoms with Gasteiger partial charge in [0.05, 0.1) is 12.8 Å². The number of fused-ring (bicyclic) bond motifs is 1. The quantitative estimate of drug-likeness (QED) is 0.468. The molecule has 0 unspecified atom stereocenters. The highest BCUT2D eigenvalue weighted by atomic mass is 16.5. The lowest BCUT2D eigenvalue weighted by Gasteiger charge is -2.06. The molecule has 0 bridgehead atoms. The summed E-state index contributed by atoms with van der Waals surface area (Å²) in [6.45, 7) is 0.922. The summed E-state index contributed by atoms with van der Waals surface area (Å²) in [5, 5.41) is 0. The van der Waals surface area contributed by atoms with E-state index in [2.05, 4.69) is 4.98 Å². The van der Waals surface area contributed by atoms with Crippen molar-refractivity contribution >= 4 is 12.0 Å². The van der Waals surface area contributed by atoms with E-state index in [-0.39, 0.29) is 12.6 Å². The number of benzene rings is 2. The summed E-state index contributed by atoms with van der Waals surface area (Å²) in [6.07, 6.45) is 7.44. The van der Waals surface area contributed by atoms with Gasteiger partial charge in [0, 0.05) is 18.7 Å². The molecule has 28 heavy (non-hydrogen) atoms. The Morgan fingerprint density at radius 3 is 2.82 bits per heavy atom. The van der Waals surface area contributed by atoms with Gasteiger partial charge in [0.15, 0.2) is 0 Å². The molecule has 0 saturated heterocycles. The van der Waals surface area contributed by atoms with Gasteiger partial charge in [0.1, 0.15) is 23.9 Å². The van der Waals surface area contributed by atoms with Gasteiger partial charge in [0.25, 0.3) is 0 Å². The van der Waals surface area contributed by atoms with E-state index in [1.165, 1.54) is 11.6 Å². The first-order valence-corrected chi connectivity index (χ1v) is 9.04. The summed E-state index contributed by atoms with van der Waals surface area (Å²) < 4.78 is 16.5. The molecule has 0 aliphatic carbocycles. The van der Waals surface area contributed by atoms with Crippen molar-refractivity contribution < 1.29 is 19.0 Å². The fourth-order valence-corrected chi connectivity index (χ4v) is 2.87. The molecule has 3 aromatic rings. The van der Waals surface area contributed by atoms with Crippen LogP contribution in [0, 0.1) is 0 Å². The molecule has 0 spiro atoms. The highest BCUT2D eigenvalue weighted by Crippen LogP contribution is 2.26. The molecule has 2 aromatic carbocycles. The van der Waals surface area contributed by atoms with Crippen molar-refractivity contribution in [3.05, 3.63) is 89.8 Å². The van der Waals surface area contributed by atoms with Crippen LogP contribution in [0.25, 0.3) is 6.08 Å². The number of nitrogens with zero attached hydrogens (tertiary/aromatic N) is 1. The maximum absolute atomic E-state index is 12.0. The number of hydrogen-bond acceptors (Lipinski definition) is 5. The first-order valence-electron chi connectivity index (χ1n) is 9.04. The predicted molar refractivity (Wildman–Crippen MR) is 105 cm³/mol. The second kappa shape index (κ2) is 8.39. The van der Waals surface area contributed by atoms with Crippen LogP contribution in [0.5, 0.6) is 17.2 Å². The average Bonchev–Trinajstić information content (AvgIpc) is 3.20. The molecule has 5 nitrogen and oxygen atoms in total. The van der Waals surface area contributed by atoms with Crippen LogP contribution in [0.3, 0.4) is 0 Å². The molecule has 1 aliphatic rings. The molecule has 2 heterocycles. The Bertz CT molecular complexity index is 981. The largest absolute Gasteiger partial charge is 0.493 e. The van der Waals surface area contributed by atoms with Crippen LogP contribution in [0.1, 0.15) is 16.7 Å². The smallest absolute Gasteiger partial charge is 0.331 e. The van der Waals surface area contributed by atoms with Crippen molar-refractivity contribution in [2.45, 2.75) is 13.0 Å². The van der Waals surface area contributed by atoms with Gasteiger partial charge >= 0.3 is 5.97 Å². The number of carbonyl (C=O) groups is 1. The lowest BCUT2D eigenvalue weighted by Crippen LogP contribution is -2.00. The number of hydrogen-bond donors (Lipinski definition) is 0.